The first-order valence-corrected chi connectivity index (χ1v) is 14.6. The van der Waals surface area contributed by atoms with E-state index >= 15 is 0 Å². The van der Waals surface area contributed by atoms with Gasteiger partial charge in [-0.15, -0.1) is 0 Å². The van der Waals surface area contributed by atoms with E-state index in [0.29, 0.717) is 11.3 Å². The minimum Gasteiger partial charge on any atom is -0.491 e. The summed E-state index contributed by atoms with van der Waals surface area (Å²) in [5, 5.41) is 0. The van der Waals surface area contributed by atoms with Crippen molar-refractivity contribution < 1.29 is 19.0 Å². The van der Waals surface area contributed by atoms with Crippen LogP contribution in [0.25, 0.3) is 11.1 Å². The second kappa shape index (κ2) is 17.1. The van der Waals surface area contributed by atoms with Crippen LogP contribution in [-0.2, 0) is 0 Å². The molecule has 1 atom stereocenters. The number of esters is 1. The molecule has 0 heterocycles. The number of benzene rings is 3. The first-order chi connectivity index (χ1) is 19.1. The van der Waals surface area contributed by atoms with E-state index in [9.17, 15) is 4.79 Å². The molecule has 0 amide bonds. The van der Waals surface area contributed by atoms with Gasteiger partial charge in [0.15, 0.2) is 0 Å². The van der Waals surface area contributed by atoms with Gasteiger partial charge >= 0.3 is 5.97 Å². The van der Waals surface area contributed by atoms with Gasteiger partial charge in [0.2, 0.25) is 0 Å². The van der Waals surface area contributed by atoms with Crippen molar-refractivity contribution in [2.45, 2.75) is 91.1 Å². The predicted molar refractivity (Wildman–Crippen MR) is 161 cm³/mol. The highest BCUT2D eigenvalue weighted by atomic mass is 16.5. The molecule has 0 radical (unpaired) electrons. The molecule has 0 saturated heterocycles. The molecule has 3 aromatic rings. The van der Waals surface area contributed by atoms with Gasteiger partial charge in [0.05, 0.1) is 17.9 Å². The highest BCUT2D eigenvalue weighted by Gasteiger charge is 2.10. The third-order valence-corrected chi connectivity index (χ3v) is 6.67. The number of rotatable bonds is 17. The lowest BCUT2D eigenvalue weighted by Gasteiger charge is -2.15. The maximum absolute atomic E-state index is 12.7. The summed E-state index contributed by atoms with van der Waals surface area (Å²) in [5.74, 6) is 1.71. The zero-order chi connectivity index (χ0) is 27.7. The third kappa shape index (κ3) is 11.0. The van der Waals surface area contributed by atoms with Gasteiger partial charge < -0.3 is 14.2 Å². The fourth-order valence-electron chi connectivity index (χ4n) is 4.31. The van der Waals surface area contributed by atoms with Gasteiger partial charge in [0.1, 0.15) is 17.2 Å². The molecular formula is C35H44O4. The van der Waals surface area contributed by atoms with Crippen molar-refractivity contribution in [2.24, 2.45) is 0 Å². The zero-order valence-corrected chi connectivity index (χ0v) is 23.9. The lowest BCUT2D eigenvalue weighted by atomic mass is 10.0. The third-order valence-electron chi connectivity index (χ3n) is 6.67. The first-order valence-electron chi connectivity index (χ1n) is 14.6. The molecule has 0 bridgehead atoms. The molecule has 0 aliphatic rings. The SMILES string of the molecule is CCCCCCC=COc1ccc(-c2ccc(C(=O)Oc3ccc(OC(C)CCCCCC)cc3)cc2)cc1. The van der Waals surface area contributed by atoms with Gasteiger partial charge in [-0.05, 0) is 98.3 Å². The van der Waals surface area contributed by atoms with Gasteiger partial charge in [-0.2, -0.15) is 0 Å². The van der Waals surface area contributed by atoms with Crippen LogP contribution < -0.4 is 14.2 Å². The number of unbranched alkanes of at least 4 members (excludes halogenated alkanes) is 7. The van der Waals surface area contributed by atoms with Crippen LogP contribution in [0.4, 0.5) is 0 Å². The van der Waals surface area contributed by atoms with Crippen molar-refractivity contribution in [3.63, 3.8) is 0 Å². The molecule has 208 valence electrons. The van der Waals surface area contributed by atoms with Crippen LogP contribution in [0.3, 0.4) is 0 Å². The summed E-state index contributed by atoms with van der Waals surface area (Å²) in [6.45, 7) is 6.54. The smallest absolute Gasteiger partial charge is 0.343 e. The van der Waals surface area contributed by atoms with Crippen molar-refractivity contribution in [1.82, 2.24) is 0 Å². The highest BCUT2D eigenvalue weighted by Crippen LogP contribution is 2.24. The fraction of sp³-hybridized carbons (Fsp3) is 0.400. The second-order valence-corrected chi connectivity index (χ2v) is 10.1. The van der Waals surface area contributed by atoms with Gasteiger partial charge in [0, 0.05) is 0 Å². The molecule has 3 aromatic carbocycles. The quantitative estimate of drug-likeness (QED) is 0.0756. The van der Waals surface area contributed by atoms with E-state index < -0.39 is 0 Å². The number of carbonyl (C=O) groups is 1. The standard InChI is InChI=1S/C35H44O4/c1-4-6-8-10-11-13-27-37-32-21-19-30(20-22-32)29-15-17-31(18-16-29)35(36)39-34-25-23-33(24-26-34)38-28(3)14-12-9-7-5-2/h13,15-28H,4-12,14H2,1-3H3. The lowest BCUT2D eigenvalue weighted by molar-refractivity contribution is 0.0734. The first kappa shape index (κ1) is 30.0. The Kier molecular flexibility index (Phi) is 13.2. The Morgan fingerprint density at radius 3 is 1.90 bits per heavy atom. The van der Waals surface area contributed by atoms with E-state index in [1.54, 1.807) is 30.5 Å². The van der Waals surface area contributed by atoms with Gasteiger partial charge in [-0.1, -0.05) is 76.6 Å². The number of hydrogen-bond acceptors (Lipinski definition) is 4. The Balaban J connectivity index is 1.45. The second-order valence-electron chi connectivity index (χ2n) is 10.1. The Labute approximate surface area is 235 Å². The molecule has 3 rings (SSSR count). The molecule has 0 aromatic heterocycles. The lowest BCUT2D eigenvalue weighted by Crippen LogP contribution is -2.11. The molecule has 0 spiro atoms. The van der Waals surface area contributed by atoms with E-state index in [0.717, 1.165) is 35.5 Å². The minimum atomic E-state index is -0.385. The van der Waals surface area contributed by atoms with Crippen LogP contribution in [-0.4, -0.2) is 12.1 Å². The van der Waals surface area contributed by atoms with Crippen molar-refractivity contribution in [3.05, 3.63) is 90.7 Å². The number of hydrogen-bond donors (Lipinski definition) is 0. The van der Waals surface area contributed by atoms with Crippen LogP contribution in [0.15, 0.2) is 85.1 Å². The summed E-state index contributed by atoms with van der Waals surface area (Å²) in [6, 6.07) is 22.7. The Hall–Kier alpha value is -3.53. The van der Waals surface area contributed by atoms with Crippen LogP contribution >= 0.6 is 0 Å². The van der Waals surface area contributed by atoms with Gasteiger partial charge in [-0.3, -0.25) is 0 Å². The molecular weight excluding hydrogens is 484 g/mol. The molecule has 4 heteroatoms. The molecule has 1 unspecified atom stereocenters. The summed E-state index contributed by atoms with van der Waals surface area (Å²) in [6.07, 6.45) is 16.1. The van der Waals surface area contributed by atoms with E-state index in [1.807, 2.05) is 48.5 Å². The van der Waals surface area contributed by atoms with Crippen LogP contribution in [0.2, 0.25) is 0 Å². The average molecular weight is 529 g/mol. The maximum atomic E-state index is 12.7. The number of carbonyl (C=O) groups excluding carboxylic acids is 1. The van der Waals surface area contributed by atoms with Gasteiger partial charge in [-0.25, -0.2) is 4.79 Å². The predicted octanol–water partition coefficient (Wildman–Crippen LogP) is 10.2. The minimum absolute atomic E-state index is 0.166. The van der Waals surface area contributed by atoms with Crippen molar-refractivity contribution in [1.29, 1.82) is 0 Å². The van der Waals surface area contributed by atoms with Crippen LogP contribution in [0.5, 0.6) is 17.2 Å². The number of ether oxygens (including phenoxy) is 3. The topological polar surface area (TPSA) is 44.8 Å². The summed E-state index contributed by atoms with van der Waals surface area (Å²) < 4.78 is 17.3. The monoisotopic (exact) mass is 528 g/mol. The number of allylic oxidation sites excluding steroid dienone is 1. The molecule has 0 N–H and O–H groups in total. The zero-order valence-electron chi connectivity index (χ0n) is 23.9. The largest absolute Gasteiger partial charge is 0.491 e. The van der Waals surface area contributed by atoms with Crippen molar-refractivity contribution >= 4 is 5.97 Å². The van der Waals surface area contributed by atoms with Crippen LogP contribution in [0, 0.1) is 0 Å². The van der Waals surface area contributed by atoms with Crippen molar-refractivity contribution in [3.8, 4) is 28.4 Å². The molecule has 0 aliphatic carbocycles. The Bertz CT molecular complexity index is 1110. The summed E-state index contributed by atoms with van der Waals surface area (Å²) in [4.78, 5) is 12.7. The molecule has 0 saturated carbocycles. The summed E-state index contributed by atoms with van der Waals surface area (Å²) in [5.41, 5.74) is 2.58. The van der Waals surface area contributed by atoms with E-state index in [2.05, 4.69) is 26.8 Å². The van der Waals surface area contributed by atoms with Gasteiger partial charge in [0.25, 0.3) is 0 Å². The van der Waals surface area contributed by atoms with E-state index in [-0.39, 0.29) is 12.1 Å². The maximum Gasteiger partial charge on any atom is 0.343 e. The molecule has 0 aliphatic heterocycles. The molecule has 4 nitrogen and oxygen atoms in total. The Morgan fingerprint density at radius 2 is 1.26 bits per heavy atom. The highest BCUT2D eigenvalue weighted by molar-refractivity contribution is 5.91. The van der Waals surface area contributed by atoms with Crippen LogP contribution in [0.1, 0.15) is 95.3 Å². The van der Waals surface area contributed by atoms with E-state index in [1.165, 1.54) is 51.4 Å². The summed E-state index contributed by atoms with van der Waals surface area (Å²) >= 11 is 0. The summed E-state index contributed by atoms with van der Waals surface area (Å²) in [7, 11) is 0. The molecule has 39 heavy (non-hydrogen) atoms. The molecule has 0 fully saturated rings. The van der Waals surface area contributed by atoms with E-state index in [4.69, 9.17) is 14.2 Å². The normalized spacial score (nSPS) is 11.9. The fourth-order valence-corrected chi connectivity index (χ4v) is 4.31. The Morgan fingerprint density at radius 1 is 0.692 bits per heavy atom. The van der Waals surface area contributed by atoms with Crippen molar-refractivity contribution in [2.75, 3.05) is 0 Å². The average Bonchev–Trinajstić information content (AvgIpc) is 2.96.